The normalized spacial score (nSPS) is 20.0. The predicted octanol–water partition coefficient (Wildman–Crippen LogP) is 3.88. The lowest BCUT2D eigenvalue weighted by atomic mass is 9.86. The lowest BCUT2D eigenvalue weighted by Crippen LogP contribution is -2.54. The number of amides is 4. The van der Waals surface area contributed by atoms with E-state index in [-0.39, 0.29) is 48.9 Å². The molecule has 2 aromatic rings. The van der Waals surface area contributed by atoms with Gasteiger partial charge in [0.25, 0.3) is 5.91 Å². The monoisotopic (exact) mass is 632 g/mol. The van der Waals surface area contributed by atoms with Crippen LogP contribution in [0.15, 0.2) is 54.6 Å². The van der Waals surface area contributed by atoms with E-state index in [9.17, 15) is 19.2 Å². The molecule has 0 unspecified atom stereocenters. The van der Waals surface area contributed by atoms with Crippen molar-refractivity contribution >= 4 is 35.5 Å². The topological polar surface area (TPSA) is 144 Å². The van der Waals surface area contributed by atoms with Crippen LogP contribution in [0.25, 0.3) is 0 Å². The van der Waals surface area contributed by atoms with Gasteiger partial charge in [-0.3, -0.25) is 20.3 Å². The van der Waals surface area contributed by atoms with Crippen LogP contribution in [0.5, 0.6) is 0 Å². The molecule has 0 spiro atoms. The molecule has 5 rings (SSSR count). The molecule has 12 heteroatoms. The number of rotatable bonds is 8. The zero-order valence-corrected chi connectivity index (χ0v) is 26.2. The summed E-state index contributed by atoms with van der Waals surface area (Å²) in [5.41, 5.74) is 2.41. The Morgan fingerprint density at radius 1 is 0.761 bits per heavy atom. The van der Waals surface area contributed by atoms with Gasteiger partial charge in [0.05, 0.1) is 5.92 Å². The number of piperidine rings is 1. The van der Waals surface area contributed by atoms with Gasteiger partial charge in [-0.2, -0.15) is 0 Å². The average Bonchev–Trinajstić information content (AvgIpc) is 3.10. The smallest absolute Gasteiger partial charge is 0.413 e. The fourth-order valence-electron chi connectivity index (χ4n) is 6.16. The molecule has 2 aromatic carbocycles. The van der Waals surface area contributed by atoms with Gasteiger partial charge >= 0.3 is 18.1 Å². The zero-order valence-electron chi connectivity index (χ0n) is 26.2. The molecular formula is C34H44N6O6. The Bertz CT molecular complexity index is 1350. The van der Waals surface area contributed by atoms with Gasteiger partial charge < -0.3 is 29.5 Å². The largest absolute Gasteiger partial charge is 0.455 e. The van der Waals surface area contributed by atoms with Gasteiger partial charge in [-0.1, -0.05) is 30.3 Å². The maximum absolute atomic E-state index is 13.0. The first-order valence-corrected chi connectivity index (χ1v) is 16.3. The summed E-state index contributed by atoms with van der Waals surface area (Å²) < 4.78 is 10.5. The van der Waals surface area contributed by atoms with Crippen molar-refractivity contribution in [2.24, 2.45) is 5.92 Å². The predicted molar refractivity (Wildman–Crippen MR) is 172 cm³/mol. The minimum Gasteiger partial charge on any atom is -0.455 e. The van der Waals surface area contributed by atoms with Crippen LogP contribution in [0, 0.1) is 11.3 Å². The van der Waals surface area contributed by atoms with Gasteiger partial charge in [0.1, 0.15) is 12.4 Å². The van der Waals surface area contributed by atoms with Gasteiger partial charge in [-0.25, -0.2) is 9.59 Å². The van der Waals surface area contributed by atoms with Crippen molar-refractivity contribution in [1.82, 2.24) is 20.4 Å². The van der Waals surface area contributed by atoms with Crippen LogP contribution in [0.2, 0.25) is 0 Å². The second-order valence-corrected chi connectivity index (χ2v) is 12.1. The molecule has 0 radical (unpaired) electrons. The van der Waals surface area contributed by atoms with Crippen molar-refractivity contribution in [2.45, 2.75) is 57.6 Å². The quantitative estimate of drug-likeness (QED) is 0.228. The van der Waals surface area contributed by atoms with Gasteiger partial charge in [-0.05, 0) is 74.8 Å². The number of carbonyl (C=O) groups is 4. The van der Waals surface area contributed by atoms with Crippen molar-refractivity contribution in [2.75, 3.05) is 50.8 Å². The van der Waals surface area contributed by atoms with Crippen LogP contribution in [-0.4, -0.2) is 91.6 Å². The highest BCUT2D eigenvalue weighted by molar-refractivity contribution is 6.04. The van der Waals surface area contributed by atoms with Crippen LogP contribution in [0.1, 0.15) is 56.1 Å². The highest BCUT2D eigenvalue weighted by atomic mass is 16.5. The minimum absolute atomic E-state index is 0.0108. The molecule has 0 atom stereocenters. The molecule has 3 N–H and O–H groups in total. The minimum atomic E-state index is -0.681. The van der Waals surface area contributed by atoms with E-state index in [1.54, 1.807) is 17.0 Å². The van der Waals surface area contributed by atoms with Crippen molar-refractivity contribution in [3.05, 3.63) is 65.7 Å². The number of anilines is 1. The molecule has 46 heavy (non-hydrogen) atoms. The fourth-order valence-corrected chi connectivity index (χ4v) is 6.16. The number of amidine groups is 1. The lowest BCUT2D eigenvalue weighted by molar-refractivity contribution is -0.156. The number of alkyl carbamates (subject to hydrolysis) is 1. The highest BCUT2D eigenvalue weighted by Crippen LogP contribution is 2.26. The van der Waals surface area contributed by atoms with E-state index in [4.69, 9.17) is 14.9 Å². The first-order chi connectivity index (χ1) is 22.4. The zero-order chi connectivity index (χ0) is 32.3. The summed E-state index contributed by atoms with van der Waals surface area (Å²) in [5, 5.41) is 13.8. The summed E-state index contributed by atoms with van der Waals surface area (Å²) in [6, 6.07) is 16.7. The van der Waals surface area contributed by atoms with Crippen molar-refractivity contribution in [1.29, 1.82) is 5.41 Å². The Kier molecular flexibility index (Phi) is 11.5. The van der Waals surface area contributed by atoms with E-state index in [1.165, 1.54) is 0 Å². The molecule has 3 aliphatic rings. The number of carbonyl (C=O) groups excluding carboxylic acids is 4. The molecule has 2 saturated heterocycles. The molecule has 1 saturated carbocycles. The number of likely N-dealkylation sites (tertiary alicyclic amines) is 1. The molecule has 0 bridgehead atoms. The molecule has 12 nitrogen and oxygen atoms in total. The summed E-state index contributed by atoms with van der Waals surface area (Å²) in [6.45, 7) is 3.92. The molecule has 4 amide bonds. The summed E-state index contributed by atoms with van der Waals surface area (Å²) in [7, 11) is 0. The van der Waals surface area contributed by atoms with Crippen molar-refractivity contribution in [3.8, 4) is 0 Å². The van der Waals surface area contributed by atoms with E-state index in [2.05, 4.69) is 15.5 Å². The summed E-state index contributed by atoms with van der Waals surface area (Å²) in [6.07, 6.45) is 5.13. The first-order valence-electron chi connectivity index (χ1n) is 16.3. The molecule has 3 fully saturated rings. The molecule has 1 aliphatic carbocycles. The van der Waals surface area contributed by atoms with E-state index >= 15 is 0 Å². The molecule has 246 valence electrons. The number of hydrogen-bond acceptors (Lipinski definition) is 8. The summed E-state index contributed by atoms with van der Waals surface area (Å²) >= 11 is 0. The number of nitrogens with one attached hydrogen (secondary N) is 3. The average molecular weight is 633 g/mol. The number of urea groups is 1. The Morgan fingerprint density at radius 2 is 1.43 bits per heavy atom. The Balaban J connectivity index is 0.976. The molecule has 2 heterocycles. The van der Waals surface area contributed by atoms with Crippen LogP contribution < -0.4 is 15.5 Å². The van der Waals surface area contributed by atoms with E-state index < -0.39 is 6.09 Å². The Morgan fingerprint density at radius 3 is 2.11 bits per heavy atom. The summed E-state index contributed by atoms with van der Waals surface area (Å²) in [5.74, 6) is -0.697. The second-order valence-electron chi connectivity index (χ2n) is 12.1. The maximum Gasteiger partial charge on any atom is 0.413 e. The summed E-state index contributed by atoms with van der Waals surface area (Å²) in [4.78, 5) is 55.7. The fraction of sp³-hybridized carbons (Fsp3) is 0.500. The third-order valence-electron chi connectivity index (χ3n) is 8.96. The molecule has 2 aliphatic heterocycles. The number of benzene rings is 2. The number of nitrogens with zero attached hydrogens (tertiary/aromatic N) is 3. The van der Waals surface area contributed by atoms with Gasteiger partial charge in [0, 0.05) is 56.6 Å². The SMILES string of the molecule is N=C(NC(=O)OCc1ccccc1)c1ccc(N2CCN(C(=O)N[C@H]3CC[C@H](C(=O)OCC(=O)N4CCCCC4)CC3)CC2)cc1. The number of esters is 1. The van der Waals surface area contributed by atoms with Crippen LogP contribution in [0.3, 0.4) is 0 Å². The molecule has 0 aromatic heterocycles. The Hall–Kier alpha value is -4.61. The first kappa shape index (κ1) is 32.8. The Labute approximate surface area is 269 Å². The van der Waals surface area contributed by atoms with Crippen molar-refractivity contribution in [3.63, 3.8) is 0 Å². The number of ether oxygens (including phenoxy) is 2. The van der Waals surface area contributed by atoms with Crippen LogP contribution in [0.4, 0.5) is 15.3 Å². The van der Waals surface area contributed by atoms with E-state index in [1.807, 2.05) is 47.4 Å². The van der Waals surface area contributed by atoms with Crippen LogP contribution >= 0.6 is 0 Å². The highest BCUT2D eigenvalue weighted by Gasteiger charge is 2.30. The van der Waals surface area contributed by atoms with E-state index in [0.717, 1.165) is 43.6 Å². The van der Waals surface area contributed by atoms with Gasteiger partial charge in [0.15, 0.2) is 6.61 Å². The second kappa shape index (κ2) is 16.1. The van der Waals surface area contributed by atoms with E-state index in [0.29, 0.717) is 57.4 Å². The molecular weight excluding hydrogens is 588 g/mol. The van der Waals surface area contributed by atoms with Crippen LogP contribution in [-0.2, 0) is 25.7 Å². The van der Waals surface area contributed by atoms with Gasteiger partial charge in [0.2, 0.25) is 0 Å². The number of piperazine rings is 1. The van der Waals surface area contributed by atoms with Crippen molar-refractivity contribution < 1.29 is 28.7 Å². The third-order valence-corrected chi connectivity index (χ3v) is 8.96. The third kappa shape index (κ3) is 9.21. The lowest BCUT2D eigenvalue weighted by Gasteiger charge is -2.37. The maximum atomic E-state index is 13.0. The standard InChI is InChI=1S/C34H44N6O6/c35-31(37-34(44)46-23-25-7-3-1-4-8-25)26-11-15-29(16-12-26)38-19-21-40(22-20-38)33(43)36-28-13-9-27(10-14-28)32(42)45-24-30(41)39-17-5-2-6-18-39/h1,3-4,7-8,11-12,15-16,27-28H,2,5-6,9-10,13-14,17-24H2,(H,36,43)(H2,35,37,44)/t27-,28-. The number of hydrogen-bond donors (Lipinski definition) is 3. The van der Waals surface area contributed by atoms with Gasteiger partial charge in [-0.15, -0.1) is 0 Å².